The van der Waals surface area contributed by atoms with Crippen molar-refractivity contribution in [2.75, 3.05) is 6.61 Å². The van der Waals surface area contributed by atoms with Gasteiger partial charge in [0, 0.05) is 6.61 Å². The van der Waals surface area contributed by atoms with Gasteiger partial charge in [0.1, 0.15) is 5.75 Å². The second-order valence-electron chi connectivity index (χ2n) is 5.20. The standard InChI is InChI=1S/C16H24O2/c17-13-5-6-14-9-11-16(12-10-14)18-15-7-3-1-2-4-8-15/h9-12,15,17H,1-8,13H2. The minimum absolute atomic E-state index is 0.264. The quantitative estimate of drug-likeness (QED) is 0.805. The molecule has 0 aliphatic heterocycles. The lowest BCUT2D eigenvalue weighted by Crippen LogP contribution is -2.14. The number of hydrogen-bond acceptors (Lipinski definition) is 2. The Hall–Kier alpha value is -1.02. The summed E-state index contributed by atoms with van der Waals surface area (Å²) in [6, 6.07) is 8.36. The van der Waals surface area contributed by atoms with Gasteiger partial charge in [0.05, 0.1) is 6.10 Å². The summed E-state index contributed by atoms with van der Waals surface area (Å²) in [6.07, 6.45) is 9.93. The van der Waals surface area contributed by atoms with Crippen molar-refractivity contribution < 1.29 is 9.84 Å². The first-order valence-corrected chi connectivity index (χ1v) is 7.25. The molecular formula is C16H24O2. The van der Waals surface area contributed by atoms with E-state index in [1.54, 1.807) is 0 Å². The van der Waals surface area contributed by atoms with Gasteiger partial charge in [-0.05, 0) is 56.2 Å². The van der Waals surface area contributed by atoms with Crippen molar-refractivity contribution in [1.82, 2.24) is 0 Å². The highest BCUT2D eigenvalue weighted by Gasteiger charge is 2.13. The molecule has 1 aromatic carbocycles. The van der Waals surface area contributed by atoms with Gasteiger partial charge in [0.15, 0.2) is 0 Å². The van der Waals surface area contributed by atoms with Gasteiger partial charge < -0.3 is 9.84 Å². The van der Waals surface area contributed by atoms with Gasteiger partial charge in [0.2, 0.25) is 0 Å². The SMILES string of the molecule is OCCCc1ccc(OC2CCCCCC2)cc1. The van der Waals surface area contributed by atoms with Crippen LogP contribution < -0.4 is 4.74 Å². The molecule has 1 N–H and O–H groups in total. The van der Waals surface area contributed by atoms with E-state index in [2.05, 4.69) is 24.3 Å². The molecule has 0 unspecified atom stereocenters. The van der Waals surface area contributed by atoms with E-state index in [4.69, 9.17) is 9.84 Å². The van der Waals surface area contributed by atoms with Crippen LogP contribution >= 0.6 is 0 Å². The van der Waals surface area contributed by atoms with Gasteiger partial charge >= 0.3 is 0 Å². The summed E-state index contributed by atoms with van der Waals surface area (Å²) >= 11 is 0. The molecule has 0 bridgehead atoms. The highest BCUT2D eigenvalue weighted by atomic mass is 16.5. The molecule has 0 saturated heterocycles. The second kappa shape index (κ2) is 7.42. The predicted octanol–water partition coefficient (Wildman–Crippen LogP) is 3.71. The Kier molecular flexibility index (Phi) is 5.53. The van der Waals surface area contributed by atoms with Crippen LogP contribution in [-0.4, -0.2) is 17.8 Å². The van der Waals surface area contributed by atoms with Crippen molar-refractivity contribution in [2.45, 2.75) is 57.5 Å². The molecule has 0 radical (unpaired) electrons. The Labute approximate surface area is 110 Å². The Balaban J connectivity index is 1.84. The molecule has 1 saturated carbocycles. The summed E-state index contributed by atoms with van der Waals surface area (Å²) in [5.41, 5.74) is 1.28. The van der Waals surface area contributed by atoms with E-state index >= 15 is 0 Å². The number of rotatable bonds is 5. The molecule has 1 aliphatic rings. The fraction of sp³-hybridized carbons (Fsp3) is 0.625. The lowest BCUT2D eigenvalue weighted by Gasteiger charge is -2.17. The number of aliphatic hydroxyl groups excluding tert-OH is 1. The molecule has 1 fully saturated rings. The number of aryl methyl sites for hydroxylation is 1. The van der Waals surface area contributed by atoms with Crippen LogP contribution in [0, 0.1) is 0 Å². The monoisotopic (exact) mass is 248 g/mol. The third kappa shape index (κ3) is 4.34. The van der Waals surface area contributed by atoms with E-state index in [0.29, 0.717) is 6.10 Å². The smallest absolute Gasteiger partial charge is 0.119 e. The molecule has 2 heteroatoms. The molecular weight excluding hydrogens is 224 g/mol. The van der Waals surface area contributed by atoms with Crippen molar-refractivity contribution in [3.8, 4) is 5.75 Å². The molecule has 2 rings (SSSR count). The molecule has 100 valence electrons. The number of hydrogen-bond donors (Lipinski definition) is 1. The molecule has 0 aromatic heterocycles. The van der Waals surface area contributed by atoms with Gasteiger partial charge in [-0.15, -0.1) is 0 Å². The fourth-order valence-electron chi connectivity index (χ4n) is 2.57. The normalized spacial score (nSPS) is 17.4. The summed E-state index contributed by atoms with van der Waals surface area (Å²) in [5, 5.41) is 8.80. The molecule has 0 amide bonds. The van der Waals surface area contributed by atoms with E-state index < -0.39 is 0 Å². The molecule has 0 atom stereocenters. The van der Waals surface area contributed by atoms with Crippen LogP contribution in [0.4, 0.5) is 0 Å². The van der Waals surface area contributed by atoms with E-state index in [0.717, 1.165) is 18.6 Å². The topological polar surface area (TPSA) is 29.5 Å². The predicted molar refractivity (Wildman–Crippen MR) is 74.0 cm³/mol. The van der Waals surface area contributed by atoms with Gasteiger partial charge in [0.25, 0.3) is 0 Å². The number of aliphatic hydroxyl groups is 1. The van der Waals surface area contributed by atoms with Crippen LogP contribution in [0.3, 0.4) is 0 Å². The van der Waals surface area contributed by atoms with Crippen molar-refractivity contribution >= 4 is 0 Å². The number of benzene rings is 1. The van der Waals surface area contributed by atoms with Crippen LogP contribution in [-0.2, 0) is 6.42 Å². The van der Waals surface area contributed by atoms with Crippen molar-refractivity contribution in [1.29, 1.82) is 0 Å². The van der Waals surface area contributed by atoms with Crippen LogP contribution in [0.25, 0.3) is 0 Å². The molecule has 1 aromatic rings. The van der Waals surface area contributed by atoms with Crippen molar-refractivity contribution in [3.05, 3.63) is 29.8 Å². The Morgan fingerprint density at radius 1 is 1.00 bits per heavy atom. The zero-order chi connectivity index (χ0) is 12.6. The Morgan fingerprint density at radius 3 is 2.28 bits per heavy atom. The first-order chi connectivity index (χ1) is 8.88. The minimum Gasteiger partial charge on any atom is -0.490 e. The highest BCUT2D eigenvalue weighted by molar-refractivity contribution is 5.27. The average Bonchev–Trinajstić information content (AvgIpc) is 2.67. The largest absolute Gasteiger partial charge is 0.490 e. The maximum atomic E-state index is 8.80. The van der Waals surface area contributed by atoms with E-state index in [1.807, 2.05) is 0 Å². The molecule has 2 nitrogen and oxygen atoms in total. The zero-order valence-electron chi connectivity index (χ0n) is 11.1. The summed E-state index contributed by atoms with van der Waals surface area (Å²) in [6.45, 7) is 0.264. The lowest BCUT2D eigenvalue weighted by atomic mass is 10.1. The van der Waals surface area contributed by atoms with Gasteiger partial charge in [-0.2, -0.15) is 0 Å². The minimum atomic E-state index is 0.264. The van der Waals surface area contributed by atoms with Gasteiger partial charge in [-0.25, -0.2) is 0 Å². The first-order valence-electron chi connectivity index (χ1n) is 7.25. The molecule has 18 heavy (non-hydrogen) atoms. The Morgan fingerprint density at radius 2 is 1.67 bits per heavy atom. The fourth-order valence-corrected chi connectivity index (χ4v) is 2.57. The maximum Gasteiger partial charge on any atom is 0.119 e. The van der Waals surface area contributed by atoms with Gasteiger partial charge in [-0.1, -0.05) is 25.0 Å². The summed E-state index contributed by atoms with van der Waals surface area (Å²) < 4.78 is 6.05. The molecule has 0 heterocycles. The van der Waals surface area contributed by atoms with Crippen LogP contribution in [0.1, 0.15) is 50.5 Å². The average molecular weight is 248 g/mol. The third-order valence-corrected chi connectivity index (χ3v) is 3.65. The van der Waals surface area contributed by atoms with Gasteiger partial charge in [-0.3, -0.25) is 0 Å². The summed E-state index contributed by atoms with van der Waals surface area (Å²) in [5.74, 6) is 0.995. The highest BCUT2D eigenvalue weighted by Crippen LogP contribution is 2.23. The van der Waals surface area contributed by atoms with E-state index in [1.165, 1.54) is 44.1 Å². The zero-order valence-corrected chi connectivity index (χ0v) is 11.1. The number of ether oxygens (including phenoxy) is 1. The van der Waals surface area contributed by atoms with E-state index in [-0.39, 0.29) is 6.61 Å². The van der Waals surface area contributed by atoms with Crippen LogP contribution in [0.2, 0.25) is 0 Å². The lowest BCUT2D eigenvalue weighted by molar-refractivity contribution is 0.183. The summed E-state index contributed by atoms with van der Waals surface area (Å²) in [4.78, 5) is 0. The van der Waals surface area contributed by atoms with Crippen molar-refractivity contribution in [3.63, 3.8) is 0 Å². The second-order valence-corrected chi connectivity index (χ2v) is 5.20. The van der Waals surface area contributed by atoms with E-state index in [9.17, 15) is 0 Å². The Bertz CT molecular complexity index is 323. The molecule has 1 aliphatic carbocycles. The summed E-state index contributed by atoms with van der Waals surface area (Å²) in [7, 11) is 0. The maximum absolute atomic E-state index is 8.80. The third-order valence-electron chi connectivity index (χ3n) is 3.65. The van der Waals surface area contributed by atoms with Crippen molar-refractivity contribution in [2.24, 2.45) is 0 Å². The molecule has 0 spiro atoms. The first kappa shape index (κ1) is 13.4. The van der Waals surface area contributed by atoms with Crippen LogP contribution in [0.15, 0.2) is 24.3 Å². The van der Waals surface area contributed by atoms with Crippen LogP contribution in [0.5, 0.6) is 5.75 Å².